The average molecular weight is 218 g/mol. The second-order valence-corrected chi connectivity index (χ2v) is 3.39. The largest absolute Gasteiger partial charge is 0.497 e. The molecule has 1 rings (SSSR count). The molecule has 0 aromatic rings. The van der Waals surface area contributed by atoms with Crippen molar-refractivity contribution in [3.8, 4) is 0 Å². The predicted octanol–water partition coefficient (Wildman–Crippen LogP) is 1.74. The van der Waals surface area contributed by atoms with Crippen molar-refractivity contribution in [2.24, 2.45) is 11.1 Å². The standard InChI is InChI=1S/C9H12ClNO3/c1-13-8-3-4-9(10,14-2)7(5-8)6-11-12/h3-7,12H,1-2H3/b11-6-/t7-,9-/m1/s1. The van der Waals surface area contributed by atoms with Crippen molar-refractivity contribution in [3.05, 3.63) is 24.0 Å². The summed E-state index contributed by atoms with van der Waals surface area (Å²) >= 11 is 6.12. The van der Waals surface area contributed by atoms with Gasteiger partial charge in [-0.2, -0.15) is 0 Å². The van der Waals surface area contributed by atoms with Gasteiger partial charge in [-0.25, -0.2) is 0 Å². The number of oxime groups is 1. The molecule has 0 amide bonds. The van der Waals surface area contributed by atoms with Gasteiger partial charge in [0.05, 0.1) is 19.2 Å². The summed E-state index contributed by atoms with van der Waals surface area (Å²) in [6, 6.07) is 0. The van der Waals surface area contributed by atoms with Gasteiger partial charge in [0.2, 0.25) is 0 Å². The number of methoxy groups -OCH3 is 2. The SMILES string of the molecule is COC1=C[C@H](/C=N\O)[C@](Cl)(OC)C=C1. The summed E-state index contributed by atoms with van der Waals surface area (Å²) in [4.78, 5) is 0. The Balaban J connectivity index is 2.94. The Hall–Kier alpha value is -1.00. The maximum Gasteiger partial charge on any atom is 0.171 e. The average Bonchev–Trinajstić information content (AvgIpc) is 2.22. The molecule has 1 aliphatic carbocycles. The topological polar surface area (TPSA) is 51.0 Å². The zero-order valence-corrected chi connectivity index (χ0v) is 8.73. The van der Waals surface area contributed by atoms with Crippen LogP contribution in [-0.4, -0.2) is 30.7 Å². The first-order valence-electron chi connectivity index (χ1n) is 4.03. The van der Waals surface area contributed by atoms with E-state index in [1.165, 1.54) is 13.3 Å². The van der Waals surface area contributed by atoms with Crippen molar-refractivity contribution in [1.82, 2.24) is 0 Å². The molecule has 1 aliphatic rings. The van der Waals surface area contributed by atoms with Gasteiger partial charge >= 0.3 is 0 Å². The second kappa shape index (κ2) is 4.48. The number of alkyl halides is 1. The van der Waals surface area contributed by atoms with E-state index < -0.39 is 5.06 Å². The third kappa shape index (κ3) is 2.08. The fourth-order valence-electron chi connectivity index (χ4n) is 1.21. The van der Waals surface area contributed by atoms with E-state index >= 15 is 0 Å². The quantitative estimate of drug-likeness (QED) is 0.339. The number of ether oxygens (including phenoxy) is 2. The molecule has 2 atom stereocenters. The van der Waals surface area contributed by atoms with Gasteiger partial charge in [0.25, 0.3) is 0 Å². The van der Waals surface area contributed by atoms with Gasteiger partial charge < -0.3 is 14.7 Å². The van der Waals surface area contributed by atoms with Crippen molar-refractivity contribution >= 4 is 17.8 Å². The Kier molecular flexibility index (Phi) is 3.55. The molecule has 0 aliphatic heterocycles. The highest BCUT2D eigenvalue weighted by atomic mass is 35.5. The third-order valence-corrected chi connectivity index (χ3v) is 2.58. The molecule has 0 saturated heterocycles. The molecule has 0 spiro atoms. The summed E-state index contributed by atoms with van der Waals surface area (Å²) < 4.78 is 10.1. The number of hydrogen-bond donors (Lipinski definition) is 1. The van der Waals surface area contributed by atoms with E-state index in [2.05, 4.69) is 5.16 Å². The summed E-state index contributed by atoms with van der Waals surface area (Å²) in [7, 11) is 3.04. The van der Waals surface area contributed by atoms with Gasteiger partial charge in [-0.05, 0) is 18.2 Å². The summed E-state index contributed by atoms with van der Waals surface area (Å²) in [5.74, 6) is 0.294. The Morgan fingerprint density at radius 3 is 2.86 bits per heavy atom. The summed E-state index contributed by atoms with van der Waals surface area (Å²) in [6.45, 7) is 0. The molecule has 0 heterocycles. The van der Waals surface area contributed by atoms with Crippen LogP contribution in [0.2, 0.25) is 0 Å². The van der Waals surface area contributed by atoms with Gasteiger partial charge in [-0.15, -0.1) is 5.16 Å². The van der Waals surface area contributed by atoms with E-state index in [1.807, 2.05) is 0 Å². The van der Waals surface area contributed by atoms with Crippen LogP contribution in [0.1, 0.15) is 0 Å². The highest BCUT2D eigenvalue weighted by molar-refractivity contribution is 6.25. The van der Waals surface area contributed by atoms with E-state index in [9.17, 15) is 0 Å². The summed E-state index contributed by atoms with van der Waals surface area (Å²) in [5.41, 5.74) is 0. The minimum Gasteiger partial charge on any atom is -0.497 e. The number of allylic oxidation sites excluding steroid dienone is 1. The predicted molar refractivity (Wildman–Crippen MR) is 53.6 cm³/mol. The first-order chi connectivity index (χ1) is 6.66. The van der Waals surface area contributed by atoms with Gasteiger partial charge in [-0.1, -0.05) is 11.6 Å². The van der Waals surface area contributed by atoms with Gasteiger partial charge in [0.1, 0.15) is 5.76 Å². The molecule has 0 aromatic heterocycles. The van der Waals surface area contributed by atoms with E-state index in [0.717, 1.165) is 0 Å². The lowest BCUT2D eigenvalue weighted by molar-refractivity contribution is 0.0856. The monoisotopic (exact) mass is 217 g/mol. The maximum atomic E-state index is 8.47. The summed E-state index contributed by atoms with van der Waals surface area (Å²) in [5, 5.41) is 10.4. The fourth-order valence-corrected chi connectivity index (χ4v) is 1.39. The molecule has 0 saturated carbocycles. The molecule has 0 bridgehead atoms. The highest BCUT2D eigenvalue weighted by Crippen LogP contribution is 2.33. The van der Waals surface area contributed by atoms with Crippen LogP contribution in [0.4, 0.5) is 0 Å². The molecule has 0 aromatic carbocycles. The number of rotatable bonds is 3. The normalized spacial score (nSPS) is 31.9. The molecule has 0 fully saturated rings. The molecule has 14 heavy (non-hydrogen) atoms. The molecule has 0 radical (unpaired) electrons. The second-order valence-electron chi connectivity index (χ2n) is 2.80. The van der Waals surface area contributed by atoms with Crippen LogP contribution in [0.25, 0.3) is 0 Å². The number of nitrogens with zero attached hydrogens (tertiary/aromatic N) is 1. The maximum absolute atomic E-state index is 8.47. The smallest absolute Gasteiger partial charge is 0.171 e. The molecule has 78 valence electrons. The third-order valence-electron chi connectivity index (χ3n) is 2.05. The van der Waals surface area contributed by atoms with Crippen molar-refractivity contribution in [2.45, 2.75) is 5.06 Å². The lowest BCUT2D eigenvalue weighted by Gasteiger charge is -2.29. The zero-order chi connectivity index (χ0) is 10.6. The first kappa shape index (κ1) is 11.1. The van der Waals surface area contributed by atoms with E-state index in [0.29, 0.717) is 5.76 Å². The summed E-state index contributed by atoms with van der Waals surface area (Å²) in [6.07, 6.45) is 6.37. The van der Waals surface area contributed by atoms with Crippen molar-refractivity contribution in [1.29, 1.82) is 0 Å². The molecule has 4 nitrogen and oxygen atoms in total. The van der Waals surface area contributed by atoms with Crippen LogP contribution in [-0.2, 0) is 9.47 Å². The van der Waals surface area contributed by atoms with Crippen LogP contribution < -0.4 is 0 Å². The van der Waals surface area contributed by atoms with Crippen molar-refractivity contribution < 1.29 is 14.7 Å². The van der Waals surface area contributed by atoms with Crippen LogP contribution in [0.3, 0.4) is 0 Å². The molecule has 5 heteroatoms. The fraction of sp³-hybridized carbons (Fsp3) is 0.444. The van der Waals surface area contributed by atoms with E-state index in [1.54, 1.807) is 25.3 Å². The van der Waals surface area contributed by atoms with Gasteiger partial charge in [0, 0.05) is 7.11 Å². The highest BCUT2D eigenvalue weighted by Gasteiger charge is 2.35. The zero-order valence-electron chi connectivity index (χ0n) is 7.98. The lowest BCUT2D eigenvalue weighted by atomic mass is 9.97. The first-order valence-corrected chi connectivity index (χ1v) is 4.40. The molecular formula is C9H12ClNO3. The van der Waals surface area contributed by atoms with Crippen molar-refractivity contribution in [3.63, 3.8) is 0 Å². The van der Waals surface area contributed by atoms with Crippen LogP contribution in [0.15, 0.2) is 29.1 Å². The molecular weight excluding hydrogens is 206 g/mol. The number of halogens is 1. The van der Waals surface area contributed by atoms with E-state index in [4.69, 9.17) is 26.3 Å². The molecule has 0 unspecified atom stereocenters. The van der Waals surface area contributed by atoms with Gasteiger partial charge in [-0.3, -0.25) is 0 Å². The van der Waals surface area contributed by atoms with Crippen molar-refractivity contribution in [2.75, 3.05) is 14.2 Å². The Morgan fingerprint density at radius 1 is 1.64 bits per heavy atom. The Labute approximate surface area is 87.4 Å². The minimum absolute atomic E-state index is 0.362. The lowest BCUT2D eigenvalue weighted by Crippen LogP contribution is -2.34. The Morgan fingerprint density at radius 2 is 2.36 bits per heavy atom. The number of hydrogen-bond acceptors (Lipinski definition) is 4. The van der Waals surface area contributed by atoms with Gasteiger partial charge in [0.15, 0.2) is 5.06 Å². The minimum atomic E-state index is -1.01. The van der Waals surface area contributed by atoms with Crippen LogP contribution in [0.5, 0.6) is 0 Å². The van der Waals surface area contributed by atoms with E-state index in [-0.39, 0.29) is 5.92 Å². The Bertz CT molecular complexity index is 288. The van der Waals surface area contributed by atoms with Crippen LogP contribution >= 0.6 is 11.6 Å². The molecule has 1 N–H and O–H groups in total. The van der Waals surface area contributed by atoms with Crippen LogP contribution in [0, 0.1) is 5.92 Å².